The molecule has 0 amide bonds. The highest BCUT2D eigenvalue weighted by Gasteiger charge is 2.30. The van der Waals surface area contributed by atoms with Crippen LogP contribution in [0.15, 0.2) is 0 Å². The zero-order chi connectivity index (χ0) is 11.4. The Bertz CT molecular complexity index is 254. The molecule has 0 bridgehead atoms. The summed E-state index contributed by atoms with van der Waals surface area (Å²) in [5, 5.41) is 0. The first kappa shape index (κ1) is 13.9. The van der Waals surface area contributed by atoms with Crippen LogP contribution in [0.5, 0.6) is 0 Å². The van der Waals surface area contributed by atoms with Crippen LogP contribution in [0, 0.1) is 0 Å². The summed E-state index contributed by atoms with van der Waals surface area (Å²) in [6.45, 7) is 8.27. The molecule has 0 aliphatic carbocycles. The van der Waals surface area contributed by atoms with Gasteiger partial charge in [0.1, 0.15) is 0 Å². The van der Waals surface area contributed by atoms with E-state index in [1.807, 2.05) is 27.7 Å². The highest BCUT2D eigenvalue weighted by molar-refractivity contribution is 7.89. The second-order valence-corrected chi connectivity index (χ2v) is 6.36. The summed E-state index contributed by atoms with van der Waals surface area (Å²) in [5.41, 5.74) is 5.03. The third kappa shape index (κ3) is 3.94. The fraction of sp³-hybridized carbons (Fsp3) is 1.00. The van der Waals surface area contributed by atoms with Crippen LogP contribution >= 0.6 is 0 Å². The Kier molecular flexibility index (Phi) is 5.05. The predicted octanol–water partition coefficient (Wildman–Crippen LogP) is 0.785. The summed E-state index contributed by atoms with van der Waals surface area (Å²) in [6.07, 6.45) is 0.638. The summed E-state index contributed by atoms with van der Waals surface area (Å²) in [7, 11) is -3.14. The van der Waals surface area contributed by atoms with Crippen molar-refractivity contribution in [1.82, 2.24) is 4.31 Å². The SMILES string of the molecule is CCCS(=O)(=O)N(CCN)C(C)(C)C. The van der Waals surface area contributed by atoms with Gasteiger partial charge in [0.2, 0.25) is 10.0 Å². The predicted molar refractivity (Wildman–Crippen MR) is 59.6 cm³/mol. The number of nitrogens with two attached hydrogens (primary N) is 1. The minimum Gasteiger partial charge on any atom is -0.329 e. The molecule has 0 aromatic carbocycles. The Morgan fingerprint density at radius 3 is 2.07 bits per heavy atom. The van der Waals surface area contributed by atoms with Crippen LogP contribution in [0.3, 0.4) is 0 Å². The Morgan fingerprint density at radius 2 is 1.79 bits per heavy atom. The van der Waals surface area contributed by atoms with E-state index in [0.29, 0.717) is 19.5 Å². The van der Waals surface area contributed by atoms with Crippen molar-refractivity contribution in [3.05, 3.63) is 0 Å². The first-order valence-electron chi connectivity index (χ1n) is 4.96. The van der Waals surface area contributed by atoms with Crippen LogP contribution < -0.4 is 5.73 Å². The lowest BCUT2D eigenvalue weighted by molar-refractivity contribution is 0.255. The van der Waals surface area contributed by atoms with Crippen LogP contribution in [-0.2, 0) is 10.0 Å². The van der Waals surface area contributed by atoms with Crippen molar-refractivity contribution >= 4 is 10.0 Å². The number of rotatable bonds is 5. The van der Waals surface area contributed by atoms with Gasteiger partial charge in [-0.1, -0.05) is 6.92 Å². The van der Waals surface area contributed by atoms with E-state index in [2.05, 4.69) is 0 Å². The smallest absolute Gasteiger partial charge is 0.214 e. The van der Waals surface area contributed by atoms with Gasteiger partial charge in [-0.25, -0.2) is 8.42 Å². The molecular formula is C9H22N2O2S. The zero-order valence-corrected chi connectivity index (χ0v) is 10.4. The summed E-state index contributed by atoms with van der Waals surface area (Å²) in [4.78, 5) is 0. The van der Waals surface area contributed by atoms with E-state index < -0.39 is 10.0 Å². The maximum absolute atomic E-state index is 11.8. The van der Waals surface area contributed by atoms with Gasteiger partial charge in [0.25, 0.3) is 0 Å². The summed E-state index contributed by atoms with van der Waals surface area (Å²) >= 11 is 0. The Morgan fingerprint density at radius 1 is 1.29 bits per heavy atom. The van der Waals surface area contributed by atoms with Crippen molar-refractivity contribution in [3.63, 3.8) is 0 Å². The monoisotopic (exact) mass is 222 g/mol. The van der Waals surface area contributed by atoms with E-state index in [-0.39, 0.29) is 11.3 Å². The maximum atomic E-state index is 11.8. The molecule has 0 saturated heterocycles. The molecule has 0 aliphatic rings. The molecule has 0 unspecified atom stereocenters. The van der Waals surface area contributed by atoms with Crippen molar-refractivity contribution in [2.75, 3.05) is 18.8 Å². The molecule has 0 atom stereocenters. The van der Waals surface area contributed by atoms with Gasteiger partial charge in [-0.3, -0.25) is 0 Å². The lowest BCUT2D eigenvalue weighted by Crippen LogP contribution is -2.48. The molecule has 0 aromatic rings. The molecule has 0 saturated carbocycles. The molecule has 0 heterocycles. The summed E-state index contributed by atoms with van der Waals surface area (Å²) < 4.78 is 25.2. The highest BCUT2D eigenvalue weighted by atomic mass is 32.2. The molecule has 2 N–H and O–H groups in total. The van der Waals surface area contributed by atoms with Gasteiger partial charge < -0.3 is 5.73 Å². The lowest BCUT2D eigenvalue weighted by atomic mass is 10.1. The molecule has 14 heavy (non-hydrogen) atoms. The van der Waals surface area contributed by atoms with Crippen LogP contribution in [0.1, 0.15) is 34.1 Å². The number of hydrogen-bond donors (Lipinski definition) is 1. The van der Waals surface area contributed by atoms with E-state index >= 15 is 0 Å². The van der Waals surface area contributed by atoms with Crippen molar-refractivity contribution in [2.24, 2.45) is 5.73 Å². The Hall–Kier alpha value is -0.130. The Balaban J connectivity index is 4.83. The van der Waals surface area contributed by atoms with Gasteiger partial charge in [-0.05, 0) is 27.2 Å². The minimum absolute atomic E-state index is 0.199. The van der Waals surface area contributed by atoms with E-state index in [1.165, 1.54) is 4.31 Å². The first-order chi connectivity index (χ1) is 6.25. The first-order valence-corrected chi connectivity index (χ1v) is 6.57. The number of nitrogens with zero attached hydrogens (tertiary/aromatic N) is 1. The van der Waals surface area contributed by atoms with E-state index in [4.69, 9.17) is 5.73 Å². The lowest BCUT2D eigenvalue weighted by Gasteiger charge is -2.34. The van der Waals surface area contributed by atoms with Crippen LogP contribution in [0.2, 0.25) is 0 Å². The molecule has 0 radical (unpaired) electrons. The van der Waals surface area contributed by atoms with E-state index in [1.54, 1.807) is 0 Å². The highest BCUT2D eigenvalue weighted by Crippen LogP contribution is 2.18. The van der Waals surface area contributed by atoms with Gasteiger partial charge in [0.05, 0.1) is 5.75 Å². The average molecular weight is 222 g/mol. The van der Waals surface area contributed by atoms with E-state index in [9.17, 15) is 8.42 Å². The molecular weight excluding hydrogens is 200 g/mol. The molecule has 0 rings (SSSR count). The second-order valence-electron chi connectivity index (χ2n) is 4.35. The fourth-order valence-electron chi connectivity index (χ4n) is 1.38. The molecule has 4 nitrogen and oxygen atoms in total. The van der Waals surface area contributed by atoms with Gasteiger partial charge in [-0.2, -0.15) is 4.31 Å². The Labute approximate surface area is 87.5 Å². The zero-order valence-electron chi connectivity index (χ0n) is 9.58. The third-order valence-corrected chi connectivity index (χ3v) is 4.20. The van der Waals surface area contributed by atoms with Gasteiger partial charge in [0.15, 0.2) is 0 Å². The number of hydrogen-bond acceptors (Lipinski definition) is 3. The molecule has 0 spiro atoms. The van der Waals surface area contributed by atoms with Crippen molar-refractivity contribution in [3.8, 4) is 0 Å². The molecule has 0 fully saturated rings. The minimum atomic E-state index is -3.14. The topological polar surface area (TPSA) is 63.4 Å². The third-order valence-electron chi connectivity index (χ3n) is 1.88. The average Bonchev–Trinajstić information content (AvgIpc) is 1.97. The van der Waals surface area contributed by atoms with Crippen molar-refractivity contribution in [1.29, 1.82) is 0 Å². The van der Waals surface area contributed by atoms with Crippen molar-refractivity contribution in [2.45, 2.75) is 39.7 Å². The molecule has 5 heteroatoms. The maximum Gasteiger partial charge on any atom is 0.214 e. The summed E-state index contributed by atoms with van der Waals surface area (Å²) in [6, 6.07) is 0. The van der Waals surface area contributed by atoms with Gasteiger partial charge in [0, 0.05) is 18.6 Å². The molecule has 0 aliphatic heterocycles. The molecule has 86 valence electrons. The van der Waals surface area contributed by atoms with Crippen molar-refractivity contribution < 1.29 is 8.42 Å². The fourth-order valence-corrected chi connectivity index (χ4v) is 3.33. The second kappa shape index (κ2) is 5.09. The van der Waals surface area contributed by atoms with E-state index in [0.717, 1.165) is 0 Å². The largest absolute Gasteiger partial charge is 0.329 e. The summed E-state index contributed by atoms with van der Waals surface area (Å²) in [5.74, 6) is 0.199. The van der Waals surface area contributed by atoms with Gasteiger partial charge in [-0.15, -0.1) is 0 Å². The van der Waals surface area contributed by atoms with Crippen LogP contribution in [0.25, 0.3) is 0 Å². The van der Waals surface area contributed by atoms with Crippen LogP contribution in [0.4, 0.5) is 0 Å². The standard InChI is InChI=1S/C9H22N2O2S/c1-5-8-14(12,13)11(7-6-10)9(2,3)4/h5-8,10H2,1-4H3. The van der Waals surface area contributed by atoms with Gasteiger partial charge >= 0.3 is 0 Å². The quantitative estimate of drug-likeness (QED) is 0.748. The normalized spacial score (nSPS) is 13.6. The van der Waals surface area contributed by atoms with Crippen LogP contribution in [-0.4, -0.2) is 37.1 Å². The molecule has 0 aromatic heterocycles. The number of sulfonamides is 1.